The SMILES string of the molecule is C=C/C=C\C(C(=NC(=C)C(=C)/C=C\CCC)N=C(C)c1ccccc1)=C1/COC(C)=C1/C=C(\C=C/C)c1cccc2ccccc12. The zero-order valence-corrected chi connectivity index (χ0v) is 27.6. The van der Waals surface area contributed by atoms with Gasteiger partial charge >= 0.3 is 0 Å². The Hall–Kier alpha value is -5.28. The van der Waals surface area contributed by atoms with Crippen LogP contribution in [0.5, 0.6) is 0 Å². The smallest absolute Gasteiger partial charge is 0.160 e. The van der Waals surface area contributed by atoms with Crippen LogP contribution in [0.4, 0.5) is 0 Å². The van der Waals surface area contributed by atoms with Gasteiger partial charge in [0.25, 0.3) is 0 Å². The summed E-state index contributed by atoms with van der Waals surface area (Å²) in [6.07, 6.45) is 18.2. The van der Waals surface area contributed by atoms with Crippen molar-refractivity contribution in [1.82, 2.24) is 0 Å². The number of ether oxygens (including phenoxy) is 1. The lowest BCUT2D eigenvalue weighted by molar-refractivity contribution is 0.263. The van der Waals surface area contributed by atoms with Crippen molar-refractivity contribution in [2.24, 2.45) is 9.98 Å². The molecule has 3 heteroatoms. The molecule has 0 bridgehead atoms. The van der Waals surface area contributed by atoms with Gasteiger partial charge in [-0.15, -0.1) is 0 Å². The van der Waals surface area contributed by atoms with Crippen molar-refractivity contribution in [3.8, 4) is 0 Å². The highest BCUT2D eigenvalue weighted by atomic mass is 16.5. The second-order valence-electron chi connectivity index (χ2n) is 11.0. The minimum absolute atomic E-state index is 0.385. The summed E-state index contributed by atoms with van der Waals surface area (Å²) in [4.78, 5) is 10.1. The summed E-state index contributed by atoms with van der Waals surface area (Å²) in [6.45, 7) is 21.0. The molecule has 1 aliphatic heterocycles. The number of fused-ring (bicyclic) bond motifs is 1. The van der Waals surface area contributed by atoms with Gasteiger partial charge in [0.2, 0.25) is 0 Å². The number of nitrogens with zero attached hydrogens (tertiary/aromatic N) is 2. The summed E-state index contributed by atoms with van der Waals surface area (Å²) in [7, 11) is 0. The molecule has 0 spiro atoms. The lowest BCUT2D eigenvalue weighted by Crippen LogP contribution is -2.09. The molecule has 0 radical (unpaired) electrons. The highest BCUT2D eigenvalue weighted by Crippen LogP contribution is 2.35. The Labute approximate surface area is 275 Å². The molecule has 0 aliphatic carbocycles. The van der Waals surface area contributed by atoms with Gasteiger partial charge in [0.15, 0.2) is 5.84 Å². The lowest BCUT2D eigenvalue weighted by atomic mass is 9.93. The summed E-state index contributed by atoms with van der Waals surface area (Å²) >= 11 is 0. The van der Waals surface area contributed by atoms with E-state index in [1.165, 1.54) is 10.8 Å². The third-order valence-electron chi connectivity index (χ3n) is 7.70. The fourth-order valence-electron chi connectivity index (χ4n) is 5.20. The molecule has 0 atom stereocenters. The highest BCUT2D eigenvalue weighted by Gasteiger charge is 2.24. The molecule has 1 aliphatic rings. The molecule has 0 amide bonds. The molecule has 0 N–H and O–H groups in total. The van der Waals surface area contributed by atoms with Crippen LogP contribution in [0.2, 0.25) is 0 Å². The zero-order valence-electron chi connectivity index (χ0n) is 27.6. The van der Waals surface area contributed by atoms with Gasteiger partial charge in [-0.2, -0.15) is 0 Å². The molecule has 3 aromatic rings. The molecule has 0 saturated carbocycles. The van der Waals surface area contributed by atoms with E-state index in [-0.39, 0.29) is 0 Å². The number of allylic oxidation sites excluding steroid dienone is 9. The van der Waals surface area contributed by atoms with Crippen LogP contribution in [-0.2, 0) is 4.74 Å². The van der Waals surface area contributed by atoms with E-state index in [1.54, 1.807) is 6.08 Å². The normalized spacial score (nSPS) is 15.8. The van der Waals surface area contributed by atoms with E-state index in [2.05, 4.69) is 106 Å². The quantitative estimate of drug-likeness (QED) is 0.115. The van der Waals surface area contributed by atoms with E-state index in [0.717, 1.165) is 63.3 Å². The second-order valence-corrected chi connectivity index (χ2v) is 11.0. The molecule has 0 unspecified atom stereocenters. The van der Waals surface area contributed by atoms with Crippen LogP contribution in [0, 0.1) is 0 Å². The van der Waals surface area contributed by atoms with Gasteiger partial charge in [-0.05, 0) is 66.3 Å². The largest absolute Gasteiger partial charge is 0.493 e. The molecule has 3 nitrogen and oxygen atoms in total. The Balaban J connectivity index is 1.96. The second kappa shape index (κ2) is 16.7. The van der Waals surface area contributed by atoms with E-state index in [1.807, 2.05) is 57.2 Å². The number of aliphatic imine (C=N–C) groups is 2. The van der Waals surface area contributed by atoms with Crippen LogP contribution in [0.3, 0.4) is 0 Å². The fraction of sp³-hybridized carbons (Fsp3) is 0.163. The van der Waals surface area contributed by atoms with Crippen LogP contribution < -0.4 is 0 Å². The van der Waals surface area contributed by atoms with E-state index >= 15 is 0 Å². The maximum atomic E-state index is 6.24. The minimum atomic E-state index is 0.385. The van der Waals surface area contributed by atoms with Crippen molar-refractivity contribution in [2.75, 3.05) is 6.61 Å². The Bertz CT molecular complexity index is 1850. The molecular weight excluding hydrogens is 560 g/mol. The standard InChI is InChI=1S/C43H44N2O/c1-8-11-14-21-31(4)32(5)44-43(45-33(6)35-22-15-13-16-23-35)40(26-12-9-2)42-30-46-34(7)41(42)29-37(20-10-3)39-28-19-25-36-24-17-18-27-38(36)39/h9-10,12-29H,2,4-5,8,11,30H2,1,3,6-7H3/b20-10-,21-14-,26-12-,37-29+,42-40-,44-43?,45-33?. The minimum Gasteiger partial charge on any atom is -0.493 e. The van der Waals surface area contributed by atoms with Gasteiger partial charge < -0.3 is 4.74 Å². The van der Waals surface area contributed by atoms with Crippen molar-refractivity contribution in [2.45, 2.75) is 40.5 Å². The maximum absolute atomic E-state index is 6.24. The molecule has 1 heterocycles. The topological polar surface area (TPSA) is 34.0 Å². The predicted octanol–water partition coefficient (Wildman–Crippen LogP) is 11.5. The molecule has 4 rings (SSSR count). The molecule has 232 valence electrons. The first-order valence-corrected chi connectivity index (χ1v) is 15.8. The average Bonchev–Trinajstić information content (AvgIpc) is 3.43. The Morgan fingerprint density at radius 1 is 0.913 bits per heavy atom. The number of hydrogen-bond donors (Lipinski definition) is 0. The summed E-state index contributed by atoms with van der Waals surface area (Å²) in [6, 6.07) is 25.0. The summed E-state index contributed by atoms with van der Waals surface area (Å²) in [5.74, 6) is 1.38. The molecular formula is C43H44N2O. The van der Waals surface area contributed by atoms with Gasteiger partial charge in [0.05, 0.1) is 5.70 Å². The molecule has 46 heavy (non-hydrogen) atoms. The number of amidine groups is 1. The Morgan fingerprint density at radius 3 is 2.39 bits per heavy atom. The summed E-state index contributed by atoms with van der Waals surface area (Å²) < 4.78 is 6.24. The average molecular weight is 605 g/mol. The van der Waals surface area contributed by atoms with E-state index in [9.17, 15) is 0 Å². The van der Waals surface area contributed by atoms with Crippen LogP contribution in [0.15, 0.2) is 185 Å². The van der Waals surface area contributed by atoms with Crippen molar-refractivity contribution >= 4 is 27.9 Å². The molecule has 0 saturated heterocycles. The van der Waals surface area contributed by atoms with E-state index in [4.69, 9.17) is 14.7 Å². The molecule has 0 aromatic heterocycles. The monoisotopic (exact) mass is 604 g/mol. The van der Waals surface area contributed by atoms with Crippen molar-refractivity contribution in [1.29, 1.82) is 0 Å². The summed E-state index contributed by atoms with van der Waals surface area (Å²) in [5, 5.41) is 2.39. The Kier molecular flexibility index (Phi) is 12.2. The van der Waals surface area contributed by atoms with Crippen molar-refractivity contribution < 1.29 is 4.74 Å². The van der Waals surface area contributed by atoms with Crippen LogP contribution >= 0.6 is 0 Å². The number of hydrogen-bond acceptors (Lipinski definition) is 2. The van der Waals surface area contributed by atoms with E-state index < -0.39 is 0 Å². The predicted molar refractivity (Wildman–Crippen MR) is 200 cm³/mol. The van der Waals surface area contributed by atoms with Gasteiger partial charge in [-0.3, -0.25) is 0 Å². The van der Waals surface area contributed by atoms with Gasteiger partial charge in [-0.25, -0.2) is 9.98 Å². The first kappa shape index (κ1) is 33.6. The van der Waals surface area contributed by atoms with E-state index in [0.29, 0.717) is 18.1 Å². The van der Waals surface area contributed by atoms with Crippen LogP contribution in [-0.4, -0.2) is 18.2 Å². The van der Waals surface area contributed by atoms with Crippen LogP contribution in [0.1, 0.15) is 51.7 Å². The van der Waals surface area contributed by atoms with Gasteiger partial charge in [-0.1, -0.05) is 148 Å². The maximum Gasteiger partial charge on any atom is 0.160 e. The fourth-order valence-corrected chi connectivity index (χ4v) is 5.20. The van der Waals surface area contributed by atoms with Crippen molar-refractivity contribution in [3.63, 3.8) is 0 Å². The summed E-state index contributed by atoms with van der Waals surface area (Å²) in [5.41, 5.74) is 8.22. The van der Waals surface area contributed by atoms with Gasteiger partial charge in [0, 0.05) is 22.4 Å². The first-order chi connectivity index (χ1) is 22.4. The lowest BCUT2D eigenvalue weighted by Gasteiger charge is -2.13. The molecule has 0 fully saturated rings. The Morgan fingerprint density at radius 2 is 1.65 bits per heavy atom. The number of benzene rings is 3. The highest BCUT2D eigenvalue weighted by molar-refractivity contribution is 6.13. The zero-order chi connectivity index (χ0) is 32.9. The number of unbranched alkanes of at least 4 members (excludes halogenated alkanes) is 1. The first-order valence-electron chi connectivity index (χ1n) is 15.8. The third kappa shape index (κ3) is 8.46. The number of rotatable bonds is 12. The molecule has 3 aromatic carbocycles. The van der Waals surface area contributed by atoms with Crippen LogP contribution in [0.25, 0.3) is 16.3 Å². The van der Waals surface area contributed by atoms with Crippen molar-refractivity contribution in [3.05, 3.63) is 186 Å². The third-order valence-corrected chi connectivity index (χ3v) is 7.70. The van der Waals surface area contributed by atoms with Gasteiger partial charge in [0.1, 0.15) is 12.4 Å².